The smallest absolute Gasteiger partial charge is 0.308 e. The normalized spacial score (nSPS) is 32.4. The first-order chi connectivity index (χ1) is 12.4. The third-order valence-electron chi connectivity index (χ3n) is 6.95. The van der Waals surface area contributed by atoms with Crippen molar-refractivity contribution >= 4 is 11.8 Å². The Hall–Kier alpha value is -1.88. The van der Waals surface area contributed by atoms with Crippen LogP contribution in [0.15, 0.2) is 12.1 Å². The van der Waals surface area contributed by atoms with Gasteiger partial charge in [0.2, 0.25) is 0 Å². The molecule has 0 amide bonds. The molecule has 0 heterocycles. The molecule has 4 atom stereocenters. The van der Waals surface area contributed by atoms with E-state index in [4.69, 9.17) is 14.6 Å². The number of ketones is 1. The molecular formula is C21H26O5. The van der Waals surface area contributed by atoms with Crippen molar-refractivity contribution in [2.24, 2.45) is 17.3 Å². The number of aliphatic hydroxyl groups excluding tert-OH is 1. The third-order valence-corrected chi connectivity index (χ3v) is 6.95. The Morgan fingerprint density at radius 1 is 1.27 bits per heavy atom. The predicted octanol–water partition coefficient (Wildman–Crippen LogP) is 3.37. The van der Waals surface area contributed by atoms with Gasteiger partial charge >= 0.3 is 5.97 Å². The van der Waals surface area contributed by atoms with Crippen molar-refractivity contribution in [3.8, 4) is 11.5 Å². The summed E-state index contributed by atoms with van der Waals surface area (Å²) < 4.78 is 10.8. The molecule has 0 bridgehead atoms. The van der Waals surface area contributed by atoms with Gasteiger partial charge < -0.3 is 14.6 Å². The summed E-state index contributed by atoms with van der Waals surface area (Å²) in [6, 6.07) is 3.68. The van der Waals surface area contributed by atoms with E-state index < -0.39 is 6.79 Å². The van der Waals surface area contributed by atoms with Crippen LogP contribution in [0.2, 0.25) is 0 Å². The number of rotatable bonds is 3. The molecule has 26 heavy (non-hydrogen) atoms. The summed E-state index contributed by atoms with van der Waals surface area (Å²) in [7, 11) is 0. The van der Waals surface area contributed by atoms with Gasteiger partial charge in [-0.3, -0.25) is 9.59 Å². The van der Waals surface area contributed by atoms with E-state index in [-0.39, 0.29) is 11.4 Å². The largest absolute Gasteiger partial charge is 0.468 e. The van der Waals surface area contributed by atoms with Crippen LogP contribution in [0.25, 0.3) is 0 Å². The molecule has 0 radical (unpaired) electrons. The molecule has 0 unspecified atom stereocenters. The molecule has 1 N–H and O–H groups in total. The van der Waals surface area contributed by atoms with Crippen LogP contribution in [0.4, 0.5) is 0 Å². The zero-order chi connectivity index (χ0) is 18.5. The second-order valence-electron chi connectivity index (χ2n) is 8.19. The first-order valence-electron chi connectivity index (χ1n) is 9.56. The van der Waals surface area contributed by atoms with E-state index in [1.54, 1.807) is 6.07 Å². The molecule has 140 valence electrons. The average Bonchev–Trinajstić information content (AvgIpc) is 2.89. The molecule has 1 aromatic carbocycles. The number of aryl methyl sites for hydroxylation is 1. The average molecular weight is 358 g/mol. The summed E-state index contributed by atoms with van der Waals surface area (Å²) >= 11 is 0. The molecule has 0 saturated heterocycles. The highest BCUT2D eigenvalue weighted by molar-refractivity contribution is 5.87. The van der Waals surface area contributed by atoms with Gasteiger partial charge in [0.25, 0.3) is 0 Å². The number of esters is 1. The van der Waals surface area contributed by atoms with Crippen molar-refractivity contribution in [2.75, 3.05) is 6.79 Å². The fraction of sp³-hybridized carbons (Fsp3) is 0.619. The maximum absolute atomic E-state index is 12.5. The molecule has 0 aromatic heterocycles. The van der Waals surface area contributed by atoms with Gasteiger partial charge in [0.05, 0.1) is 0 Å². The lowest BCUT2D eigenvalue weighted by molar-refractivity contribution is -0.132. The lowest BCUT2D eigenvalue weighted by Gasteiger charge is -2.48. The Kier molecular flexibility index (Phi) is 4.30. The fourth-order valence-electron chi connectivity index (χ4n) is 5.82. The van der Waals surface area contributed by atoms with Crippen molar-refractivity contribution in [1.82, 2.24) is 0 Å². The van der Waals surface area contributed by atoms with E-state index in [0.29, 0.717) is 41.5 Å². The zero-order valence-electron chi connectivity index (χ0n) is 15.4. The molecule has 0 aliphatic heterocycles. The van der Waals surface area contributed by atoms with E-state index in [1.165, 1.54) is 6.92 Å². The number of ether oxygens (including phenoxy) is 2. The van der Waals surface area contributed by atoms with Crippen LogP contribution >= 0.6 is 0 Å². The second kappa shape index (κ2) is 6.38. The van der Waals surface area contributed by atoms with Crippen LogP contribution in [0.1, 0.15) is 63.0 Å². The number of carbonyl (C=O) groups is 2. The minimum Gasteiger partial charge on any atom is -0.468 e. The zero-order valence-corrected chi connectivity index (χ0v) is 15.4. The van der Waals surface area contributed by atoms with E-state index in [0.717, 1.165) is 43.2 Å². The lowest BCUT2D eigenvalue weighted by atomic mass is 9.55. The Balaban J connectivity index is 1.75. The third kappa shape index (κ3) is 2.64. The van der Waals surface area contributed by atoms with Crippen LogP contribution in [0.3, 0.4) is 0 Å². The van der Waals surface area contributed by atoms with Gasteiger partial charge in [-0.2, -0.15) is 0 Å². The number of Topliss-reactive ketones (excluding diaryl/α,β-unsaturated/α-hetero) is 1. The van der Waals surface area contributed by atoms with Gasteiger partial charge in [0.15, 0.2) is 6.79 Å². The van der Waals surface area contributed by atoms with Crippen LogP contribution in [0, 0.1) is 17.3 Å². The molecular weight excluding hydrogens is 332 g/mol. The Bertz CT molecular complexity index is 755. The first-order valence-corrected chi connectivity index (χ1v) is 9.56. The van der Waals surface area contributed by atoms with E-state index >= 15 is 0 Å². The maximum Gasteiger partial charge on any atom is 0.308 e. The summed E-state index contributed by atoms with van der Waals surface area (Å²) in [5.41, 5.74) is 2.09. The number of carbonyl (C=O) groups excluding carboxylic acids is 2. The van der Waals surface area contributed by atoms with Crippen LogP contribution < -0.4 is 9.47 Å². The van der Waals surface area contributed by atoms with Crippen molar-refractivity contribution in [3.05, 3.63) is 23.3 Å². The van der Waals surface area contributed by atoms with Gasteiger partial charge in [-0.15, -0.1) is 0 Å². The monoisotopic (exact) mass is 358 g/mol. The van der Waals surface area contributed by atoms with E-state index in [1.807, 2.05) is 6.07 Å². The van der Waals surface area contributed by atoms with Gasteiger partial charge in [-0.25, -0.2) is 0 Å². The minimum absolute atomic E-state index is 0.166. The fourth-order valence-corrected chi connectivity index (χ4v) is 5.82. The first kappa shape index (κ1) is 17.5. The molecule has 2 saturated carbocycles. The molecule has 1 aromatic rings. The molecule has 5 heteroatoms. The van der Waals surface area contributed by atoms with Gasteiger partial charge in [0.1, 0.15) is 17.3 Å². The molecule has 3 aliphatic carbocycles. The lowest BCUT2D eigenvalue weighted by Crippen LogP contribution is -2.42. The van der Waals surface area contributed by atoms with E-state index in [2.05, 4.69) is 6.92 Å². The summed E-state index contributed by atoms with van der Waals surface area (Å²) in [4.78, 5) is 24.1. The Labute approximate surface area is 153 Å². The second-order valence-corrected chi connectivity index (χ2v) is 8.19. The number of benzene rings is 1. The summed E-state index contributed by atoms with van der Waals surface area (Å²) in [5, 5.41) is 9.08. The number of hydrogen-bond donors (Lipinski definition) is 1. The summed E-state index contributed by atoms with van der Waals surface area (Å²) in [5.74, 6) is 2.37. The number of fused-ring (bicyclic) bond motifs is 5. The van der Waals surface area contributed by atoms with Crippen molar-refractivity contribution in [2.45, 2.75) is 58.3 Å². The molecule has 5 nitrogen and oxygen atoms in total. The van der Waals surface area contributed by atoms with Crippen LogP contribution in [0.5, 0.6) is 11.5 Å². The highest BCUT2D eigenvalue weighted by atomic mass is 16.6. The van der Waals surface area contributed by atoms with Gasteiger partial charge in [-0.05, 0) is 61.5 Å². The summed E-state index contributed by atoms with van der Waals surface area (Å²) in [6.45, 7) is 3.15. The standard InChI is InChI=1S/C21H26O5/c1-12(23)26-18-10-14(25-11-22)9-13-3-4-15-16(20(13)18)7-8-21(2)17(15)5-6-19(21)24/h9-10,15-17,22H,3-8,11H2,1-2H3/t15-,16+,17+,21+/m1/s1. The molecule has 4 rings (SSSR count). The summed E-state index contributed by atoms with van der Waals surface area (Å²) in [6.07, 6.45) is 5.48. The highest BCUT2D eigenvalue weighted by Gasteiger charge is 2.55. The van der Waals surface area contributed by atoms with Gasteiger partial charge in [-0.1, -0.05) is 6.92 Å². The van der Waals surface area contributed by atoms with E-state index in [9.17, 15) is 9.59 Å². The Morgan fingerprint density at radius 3 is 2.81 bits per heavy atom. The minimum atomic E-state index is -0.410. The highest BCUT2D eigenvalue weighted by Crippen LogP contribution is 2.60. The van der Waals surface area contributed by atoms with Crippen LogP contribution in [-0.4, -0.2) is 23.7 Å². The SMILES string of the molecule is CC(=O)Oc1cc(OCO)cc2c1[C@H]1CC[C@]3(C)C(=O)CC[C@H]3[C@@H]1CC2. The topological polar surface area (TPSA) is 72.8 Å². The Morgan fingerprint density at radius 2 is 2.08 bits per heavy atom. The number of hydrogen-bond acceptors (Lipinski definition) is 5. The number of aliphatic hydroxyl groups is 1. The van der Waals surface area contributed by atoms with Crippen molar-refractivity contribution < 1.29 is 24.2 Å². The predicted molar refractivity (Wildman–Crippen MR) is 95.1 cm³/mol. The quantitative estimate of drug-likeness (QED) is 0.509. The molecule has 3 aliphatic rings. The van der Waals surface area contributed by atoms with Crippen LogP contribution in [-0.2, 0) is 16.0 Å². The maximum atomic E-state index is 12.5. The van der Waals surface area contributed by atoms with Crippen molar-refractivity contribution in [3.63, 3.8) is 0 Å². The molecule has 2 fully saturated rings. The van der Waals surface area contributed by atoms with Gasteiger partial charge in [0, 0.05) is 30.4 Å². The molecule has 0 spiro atoms. The van der Waals surface area contributed by atoms with Crippen molar-refractivity contribution in [1.29, 1.82) is 0 Å².